The second-order valence-corrected chi connectivity index (χ2v) is 8.64. The third kappa shape index (κ3) is 5.23. The van der Waals surface area contributed by atoms with E-state index in [1.165, 1.54) is 0 Å². The number of likely N-dealkylation sites (N-methyl/N-ethyl adjacent to an activating group) is 2. The van der Waals surface area contributed by atoms with Gasteiger partial charge in [0.15, 0.2) is 0 Å². The van der Waals surface area contributed by atoms with Crippen LogP contribution >= 0.6 is 0 Å². The van der Waals surface area contributed by atoms with Crippen molar-refractivity contribution in [3.63, 3.8) is 0 Å². The third-order valence-corrected chi connectivity index (χ3v) is 4.26. The Hall–Kier alpha value is -1.55. The van der Waals surface area contributed by atoms with Crippen LogP contribution in [0.3, 0.4) is 0 Å². The van der Waals surface area contributed by atoms with Crippen molar-refractivity contribution in [2.75, 3.05) is 27.2 Å². The Balaban J connectivity index is 3.22. The molecule has 0 fully saturated rings. The molecule has 136 valence electrons. The monoisotopic (exact) mass is 334 g/mol. The van der Waals surface area contributed by atoms with E-state index in [1.54, 1.807) is 4.90 Å². The summed E-state index contributed by atoms with van der Waals surface area (Å²) in [6, 6.07) is 3.96. The molecule has 1 aromatic rings. The van der Waals surface area contributed by atoms with E-state index in [9.17, 15) is 9.90 Å². The average molecular weight is 335 g/mol. The number of phenols is 1. The molecule has 0 heterocycles. The molecule has 2 N–H and O–H groups in total. The summed E-state index contributed by atoms with van der Waals surface area (Å²) in [5.41, 5.74) is 2.40. The van der Waals surface area contributed by atoms with Gasteiger partial charge in [-0.05, 0) is 34.6 Å². The molecular weight excluding hydrogens is 300 g/mol. The van der Waals surface area contributed by atoms with Crippen LogP contribution in [0.1, 0.15) is 58.2 Å². The molecule has 0 unspecified atom stereocenters. The van der Waals surface area contributed by atoms with E-state index in [1.807, 2.05) is 26.2 Å². The van der Waals surface area contributed by atoms with Crippen LogP contribution < -0.4 is 5.32 Å². The molecule has 1 rings (SSSR count). The van der Waals surface area contributed by atoms with Gasteiger partial charge in [0.25, 0.3) is 0 Å². The second kappa shape index (κ2) is 7.56. The summed E-state index contributed by atoms with van der Waals surface area (Å²) in [5.74, 6) is 0.449. The van der Waals surface area contributed by atoms with Gasteiger partial charge in [-0.1, -0.05) is 53.7 Å². The van der Waals surface area contributed by atoms with Crippen molar-refractivity contribution in [2.24, 2.45) is 0 Å². The maximum absolute atomic E-state index is 12.5. The maximum atomic E-state index is 12.5. The van der Waals surface area contributed by atoms with Crippen LogP contribution in [0.25, 0.3) is 0 Å². The number of carbonyl (C=O) groups excluding carboxylic acids is 1. The molecule has 0 saturated heterocycles. The summed E-state index contributed by atoms with van der Waals surface area (Å²) in [6.45, 7) is 14.0. The van der Waals surface area contributed by atoms with Gasteiger partial charge in [-0.15, -0.1) is 0 Å². The van der Waals surface area contributed by atoms with Gasteiger partial charge in [0.1, 0.15) is 5.75 Å². The Morgan fingerprint density at radius 2 is 1.54 bits per heavy atom. The Bertz CT molecular complexity index is 545. The first kappa shape index (κ1) is 20.5. The summed E-state index contributed by atoms with van der Waals surface area (Å²) >= 11 is 0. The molecule has 0 saturated carbocycles. The van der Waals surface area contributed by atoms with Crippen molar-refractivity contribution in [3.8, 4) is 5.75 Å². The van der Waals surface area contributed by atoms with Crippen molar-refractivity contribution in [2.45, 2.75) is 58.8 Å². The molecule has 4 nitrogen and oxygen atoms in total. The van der Waals surface area contributed by atoms with Gasteiger partial charge in [0, 0.05) is 20.1 Å². The van der Waals surface area contributed by atoms with Gasteiger partial charge in [0.2, 0.25) is 5.91 Å². The number of amides is 1. The molecule has 0 aromatic heterocycles. The number of rotatable bonds is 5. The summed E-state index contributed by atoms with van der Waals surface area (Å²) in [7, 11) is 3.71. The number of hydrogen-bond acceptors (Lipinski definition) is 3. The van der Waals surface area contributed by atoms with Crippen LogP contribution in [-0.2, 0) is 22.0 Å². The number of aromatic hydroxyl groups is 1. The summed E-state index contributed by atoms with van der Waals surface area (Å²) in [5, 5.41) is 13.8. The molecule has 0 aliphatic carbocycles. The van der Waals surface area contributed by atoms with Gasteiger partial charge in [-0.3, -0.25) is 4.79 Å². The SMILES string of the molecule is CNCCN(C)C(=O)Cc1cc(C(C)(C)C)c(O)c(C(C)(C)C)c1. The predicted octanol–water partition coefficient (Wildman–Crippen LogP) is 3.21. The summed E-state index contributed by atoms with van der Waals surface area (Å²) in [6.07, 6.45) is 0.354. The fourth-order valence-corrected chi connectivity index (χ4v) is 2.65. The van der Waals surface area contributed by atoms with E-state index in [-0.39, 0.29) is 16.7 Å². The molecule has 0 bridgehead atoms. The minimum atomic E-state index is -0.179. The molecule has 1 amide bonds. The highest BCUT2D eigenvalue weighted by Crippen LogP contribution is 2.39. The van der Waals surface area contributed by atoms with Crippen LogP contribution in [0.15, 0.2) is 12.1 Å². The van der Waals surface area contributed by atoms with Crippen LogP contribution in [0.4, 0.5) is 0 Å². The Morgan fingerprint density at radius 1 is 1.08 bits per heavy atom. The fourth-order valence-electron chi connectivity index (χ4n) is 2.65. The normalized spacial score (nSPS) is 12.3. The fraction of sp³-hybridized carbons (Fsp3) is 0.650. The van der Waals surface area contributed by atoms with Gasteiger partial charge in [0.05, 0.1) is 6.42 Å². The van der Waals surface area contributed by atoms with Gasteiger partial charge < -0.3 is 15.3 Å². The first-order valence-corrected chi connectivity index (χ1v) is 8.63. The lowest BCUT2D eigenvalue weighted by molar-refractivity contribution is -0.129. The molecule has 0 aliphatic rings. The number of benzene rings is 1. The van der Waals surface area contributed by atoms with Crippen LogP contribution in [0.2, 0.25) is 0 Å². The highest BCUT2D eigenvalue weighted by molar-refractivity contribution is 5.79. The standard InChI is InChI=1S/C20H34N2O2/c1-19(2,3)15-11-14(12-16(18(15)24)20(4,5)6)13-17(23)22(8)10-9-21-7/h11-12,21,24H,9-10,13H2,1-8H3. The molecule has 24 heavy (non-hydrogen) atoms. The topological polar surface area (TPSA) is 52.6 Å². The third-order valence-electron chi connectivity index (χ3n) is 4.26. The zero-order valence-electron chi connectivity index (χ0n) is 16.6. The van der Waals surface area contributed by atoms with Crippen molar-refractivity contribution >= 4 is 5.91 Å². The second-order valence-electron chi connectivity index (χ2n) is 8.64. The number of phenolic OH excluding ortho intramolecular Hbond substituents is 1. The molecule has 0 atom stereocenters. The maximum Gasteiger partial charge on any atom is 0.226 e. The Morgan fingerprint density at radius 3 is 1.92 bits per heavy atom. The Kier molecular flexibility index (Phi) is 6.45. The molecule has 0 radical (unpaired) electrons. The largest absolute Gasteiger partial charge is 0.507 e. The van der Waals surface area contributed by atoms with Crippen LogP contribution in [-0.4, -0.2) is 43.1 Å². The molecule has 1 aromatic carbocycles. The lowest BCUT2D eigenvalue weighted by Crippen LogP contribution is -2.34. The number of nitrogens with one attached hydrogen (secondary N) is 1. The predicted molar refractivity (Wildman–Crippen MR) is 101 cm³/mol. The Labute approximate surface area is 147 Å². The van der Waals surface area contributed by atoms with Crippen molar-refractivity contribution in [1.82, 2.24) is 10.2 Å². The van der Waals surface area contributed by atoms with Gasteiger partial charge >= 0.3 is 0 Å². The molecule has 0 aliphatic heterocycles. The number of nitrogens with zero attached hydrogens (tertiary/aromatic N) is 1. The first-order valence-electron chi connectivity index (χ1n) is 8.63. The lowest BCUT2D eigenvalue weighted by Gasteiger charge is -2.28. The van der Waals surface area contributed by atoms with E-state index in [0.29, 0.717) is 18.7 Å². The number of hydrogen-bond donors (Lipinski definition) is 2. The van der Waals surface area contributed by atoms with Crippen molar-refractivity contribution in [3.05, 3.63) is 28.8 Å². The summed E-state index contributed by atoms with van der Waals surface area (Å²) < 4.78 is 0. The molecule has 4 heteroatoms. The summed E-state index contributed by atoms with van der Waals surface area (Å²) in [4.78, 5) is 14.2. The van der Waals surface area contributed by atoms with Crippen molar-refractivity contribution < 1.29 is 9.90 Å². The zero-order chi connectivity index (χ0) is 18.7. The highest BCUT2D eigenvalue weighted by atomic mass is 16.3. The van der Waals surface area contributed by atoms with E-state index in [0.717, 1.165) is 23.2 Å². The quantitative estimate of drug-likeness (QED) is 0.869. The average Bonchev–Trinajstić information content (AvgIpc) is 2.43. The van der Waals surface area contributed by atoms with Gasteiger partial charge in [-0.2, -0.15) is 0 Å². The molecule has 0 spiro atoms. The van der Waals surface area contributed by atoms with Crippen molar-refractivity contribution in [1.29, 1.82) is 0 Å². The van der Waals surface area contributed by atoms with E-state index >= 15 is 0 Å². The first-order chi connectivity index (χ1) is 10.9. The smallest absolute Gasteiger partial charge is 0.226 e. The van der Waals surface area contributed by atoms with Crippen LogP contribution in [0, 0.1) is 0 Å². The van der Waals surface area contributed by atoms with E-state index < -0.39 is 0 Å². The highest BCUT2D eigenvalue weighted by Gasteiger charge is 2.27. The van der Waals surface area contributed by atoms with Crippen LogP contribution in [0.5, 0.6) is 5.75 Å². The zero-order valence-corrected chi connectivity index (χ0v) is 16.6. The minimum absolute atomic E-state index is 0.0932. The van der Waals surface area contributed by atoms with Gasteiger partial charge in [-0.25, -0.2) is 0 Å². The lowest BCUT2D eigenvalue weighted by atomic mass is 9.78. The van der Waals surface area contributed by atoms with E-state index in [4.69, 9.17) is 0 Å². The minimum Gasteiger partial charge on any atom is -0.507 e. The molecular formula is C20H34N2O2. The number of carbonyl (C=O) groups is 1. The van der Waals surface area contributed by atoms with E-state index in [2.05, 4.69) is 46.9 Å².